The van der Waals surface area contributed by atoms with Crippen LogP contribution in [-0.4, -0.2) is 35.1 Å². The first-order valence-electron chi connectivity index (χ1n) is 7.11. The van der Waals surface area contributed by atoms with Crippen LogP contribution in [-0.2, 0) is 0 Å². The van der Waals surface area contributed by atoms with Gasteiger partial charge in [0.25, 0.3) is 0 Å². The fourth-order valence-electron chi connectivity index (χ4n) is 2.56. The third kappa shape index (κ3) is 3.42. The van der Waals surface area contributed by atoms with Crippen molar-refractivity contribution in [3.05, 3.63) is 18.5 Å². The van der Waals surface area contributed by atoms with Gasteiger partial charge in [0.05, 0.1) is 0 Å². The summed E-state index contributed by atoms with van der Waals surface area (Å²) >= 11 is 0. The molecule has 4 heteroatoms. The van der Waals surface area contributed by atoms with E-state index in [2.05, 4.69) is 34.0 Å². The minimum Gasteiger partial charge on any atom is -0.341 e. The normalized spacial score (nSPS) is 17.4. The minimum atomic E-state index is 0.662. The molecule has 100 valence electrons. The Kier molecular flexibility index (Phi) is 4.93. The Bertz CT molecular complexity index is 329. The zero-order valence-electron chi connectivity index (χ0n) is 11.5. The van der Waals surface area contributed by atoms with Gasteiger partial charge in [-0.05, 0) is 31.7 Å². The number of aromatic nitrogens is 2. The van der Waals surface area contributed by atoms with Gasteiger partial charge in [0, 0.05) is 37.6 Å². The van der Waals surface area contributed by atoms with Gasteiger partial charge < -0.3 is 10.2 Å². The highest BCUT2D eigenvalue weighted by Gasteiger charge is 2.21. The quantitative estimate of drug-likeness (QED) is 0.867. The maximum atomic E-state index is 4.32. The Morgan fingerprint density at radius 1 is 1.22 bits per heavy atom. The van der Waals surface area contributed by atoms with Crippen molar-refractivity contribution in [2.45, 2.75) is 51.6 Å². The smallest absolute Gasteiger partial charge is 0.225 e. The van der Waals surface area contributed by atoms with Crippen LogP contribution in [0.5, 0.6) is 0 Å². The monoisotopic (exact) mass is 248 g/mol. The molecule has 1 saturated heterocycles. The second-order valence-corrected chi connectivity index (χ2v) is 4.99. The fraction of sp³-hybridized carbons (Fsp3) is 0.714. The SMILES string of the molecule is CCC(CC)NC1CCN(c2ncccn2)CC1. The van der Waals surface area contributed by atoms with Crippen LogP contribution in [0.1, 0.15) is 39.5 Å². The van der Waals surface area contributed by atoms with E-state index >= 15 is 0 Å². The van der Waals surface area contributed by atoms with E-state index in [9.17, 15) is 0 Å². The van der Waals surface area contributed by atoms with Crippen LogP contribution >= 0.6 is 0 Å². The molecule has 0 unspecified atom stereocenters. The number of hydrogen-bond donors (Lipinski definition) is 1. The molecule has 18 heavy (non-hydrogen) atoms. The summed E-state index contributed by atoms with van der Waals surface area (Å²) in [6, 6.07) is 3.20. The van der Waals surface area contributed by atoms with Crippen molar-refractivity contribution in [2.24, 2.45) is 0 Å². The fourth-order valence-corrected chi connectivity index (χ4v) is 2.56. The summed E-state index contributed by atoms with van der Waals surface area (Å²) in [5.41, 5.74) is 0. The maximum Gasteiger partial charge on any atom is 0.225 e. The Hall–Kier alpha value is -1.16. The average molecular weight is 248 g/mol. The first-order valence-corrected chi connectivity index (χ1v) is 7.11. The molecule has 2 heterocycles. The Morgan fingerprint density at radius 3 is 2.39 bits per heavy atom. The van der Waals surface area contributed by atoms with Crippen LogP contribution < -0.4 is 10.2 Å². The molecular formula is C14H24N4. The van der Waals surface area contributed by atoms with Gasteiger partial charge in [0.2, 0.25) is 5.95 Å². The van der Waals surface area contributed by atoms with Gasteiger partial charge in [-0.25, -0.2) is 9.97 Å². The average Bonchev–Trinajstić information content (AvgIpc) is 2.46. The lowest BCUT2D eigenvalue weighted by Gasteiger charge is -2.34. The van der Waals surface area contributed by atoms with E-state index in [1.807, 2.05) is 18.5 Å². The number of piperidine rings is 1. The van der Waals surface area contributed by atoms with E-state index in [0.717, 1.165) is 19.0 Å². The molecule has 2 rings (SSSR count). The van der Waals surface area contributed by atoms with Crippen molar-refractivity contribution in [3.63, 3.8) is 0 Å². The predicted octanol–water partition coefficient (Wildman–Crippen LogP) is 2.22. The molecule has 1 aromatic heterocycles. The largest absolute Gasteiger partial charge is 0.341 e. The van der Waals surface area contributed by atoms with Gasteiger partial charge in [-0.2, -0.15) is 0 Å². The summed E-state index contributed by atoms with van der Waals surface area (Å²) in [4.78, 5) is 10.9. The summed E-state index contributed by atoms with van der Waals surface area (Å²) in [5, 5.41) is 3.76. The van der Waals surface area contributed by atoms with E-state index in [-0.39, 0.29) is 0 Å². The molecule has 0 radical (unpaired) electrons. The number of rotatable bonds is 5. The minimum absolute atomic E-state index is 0.662. The van der Waals surface area contributed by atoms with E-state index in [1.165, 1.54) is 25.7 Å². The third-order valence-corrected chi connectivity index (χ3v) is 3.79. The van der Waals surface area contributed by atoms with Gasteiger partial charge in [-0.3, -0.25) is 0 Å². The Balaban J connectivity index is 1.81. The summed E-state index contributed by atoms with van der Waals surface area (Å²) in [6.45, 7) is 6.63. The topological polar surface area (TPSA) is 41.0 Å². The Labute approximate surface area is 110 Å². The molecule has 0 amide bonds. The van der Waals surface area contributed by atoms with Crippen molar-refractivity contribution in [1.82, 2.24) is 15.3 Å². The lowest BCUT2D eigenvalue weighted by atomic mass is 10.0. The van der Waals surface area contributed by atoms with Crippen molar-refractivity contribution in [1.29, 1.82) is 0 Å². The summed E-state index contributed by atoms with van der Waals surface area (Å²) in [7, 11) is 0. The summed E-state index contributed by atoms with van der Waals surface area (Å²) in [6.07, 6.45) is 8.45. The molecule has 1 aliphatic heterocycles. The van der Waals surface area contributed by atoms with Gasteiger partial charge in [-0.1, -0.05) is 13.8 Å². The van der Waals surface area contributed by atoms with Crippen LogP contribution in [0.25, 0.3) is 0 Å². The van der Waals surface area contributed by atoms with Gasteiger partial charge >= 0.3 is 0 Å². The van der Waals surface area contributed by atoms with Crippen LogP contribution in [0, 0.1) is 0 Å². The van der Waals surface area contributed by atoms with E-state index in [1.54, 1.807) is 0 Å². The highest BCUT2D eigenvalue weighted by atomic mass is 15.3. The van der Waals surface area contributed by atoms with Crippen LogP contribution in [0.2, 0.25) is 0 Å². The molecule has 0 spiro atoms. The zero-order chi connectivity index (χ0) is 12.8. The molecule has 0 saturated carbocycles. The van der Waals surface area contributed by atoms with Gasteiger partial charge in [-0.15, -0.1) is 0 Å². The molecule has 1 aromatic rings. The zero-order valence-corrected chi connectivity index (χ0v) is 11.5. The van der Waals surface area contributed by atoms with Crippen LogP contribution in [0.4, 0.5) is 5.95 Å². The Morgan fingerprint density at radius 2 is 1.83 bits per heavy atom. The van der Waals surface area contributed by atoms with Crippen LogP contribution in [0.15, 0.2) is 18.5 Å². The van der Waals surface area contributed by atoms with E-state index < -0.39 is 0 Å². The summed E-state index contributed by atoms with van der Waals surface area (Å²) in [5.74, 6) is 0.874. The van der Waals surface area contributed by atoms with E-state index in [4.69, 9.17) is 0 Å². The van der Waals surface area contributed by atoms with Crippen molar-refractivity contribution < 1.29 is 0 Å². The second kappa shape index (κ2) is 6.69. The molecule has 1 aliphatic rings. The standard InChI is InChI=1S/C14H24N4/c1-3-12(4-2)17-13-6-10-18(11-7-13)14-15-8-5-9-16-14/h5,8-9,12-13,17H,3-4,6-7,10-11H2,1-2H3. The van der Waals surface area contributed by atoms with Crippen molar-refractivity contribution >= 4 is 5.95 Å². The molecule has 1 fully saturated rings. The summed E-state index contributed by atoms with van der Waals surface area (Å²) < 4.78 is 0. The van der Waals surface area contributed by atoms with Crippen molar-refractivity contribution in [2.75, 3.05) is 18.0 Å². The first-order chi connectivity index (χ1) is 8.83. The first kappa shape index (κ1) is 13.3. The molecular weight excluding hydrogens is 224 g/mol. The number of anilines is 1. The highest BCUT2D eigenvalue weighted by molar-refractivity contribution is 5.29. The predicted molar refractivity (Wildman–Crippen MR) is 74.8 cm³/mol. The maximum absolute atomic E-state index is 4.32. The van der Waals surface area contributed by atoms with Crippen molar-refractivity contribution in [3.8, 4) is 0 Å². The highest BCUT2D eigenvalue weighted by Crippen LogP contribution is 2.16. The molecule has 0 aromatic carbocycles. The molecule has 0 atom stereocenters. The lowest BCUT2D eigenvalue weighted by molar-refractivity contribution is 0.352. The van der Waals surface area contributed by atoms with Crippen LogP contribution in [0.3, 0.4) is 0 Å². The number of nitrogens with one attached hydrogen (secondary N) is 1. The van der Waals surface area contributed by atoms with E-state index in [0.29, 0.717) is 12.1 Å². The molecule has 1 N–H and O–H groups in total. The lowest BCUT2D eigenvalue weighted by Crippen LogP contribution is -2.46. The van der Waals surface area contributed by atoms with Gasteiger partial charge in [0.1, 0.15) is 0 Å². The number of nitrogens with zero attached hydrogens (tertiary/aromatic N) is 3. The molecule has 4 nitrogen and oxygen atoms in total. The second-order valence-electron chi connectivity index (χ2n) is 4.99. The number of hydrogen-bond acceptors (Lipinski definition) is 4. The third-order valence-electron chi connectivity index (χ3n) is 3.79. The van der Waals surface area contributed by atoms with Gasteiger partial charge in [0.15, 0.2) is 0 Å². The molecule has 0 bridgehead atoms. The molecule has 0 aliphatic carbocycles.